The van der Waals surface area contributed by atoms with Gasteiger partial charge in [0.1, 0.15) is 11.4 Å². The van der Waals surface area contributed by atoms with Gasteiger partial charge in [0.2, 0.25) is 0 Å². The third-order valence-electron chi connectivity index (χ3n) is 3.41. The van der Waals surface area contributed by atoms with Gasteiger partial charge in [0.15, 0.2) is 0 Å². The van der Waals surface area contributed by atoms with Crippen LogP contribution in [0.2, 0.25) is 10.0 Å². The van der Waals surface area contributed by atoms with Crippen LogP contribution in [0.25, 0.3) is 22.0 Å². The van der Waals surface area contributed by atoms with Crippen LogP contribution in [-0.2, 0) is 0 Å². The number of hydrogen-bond acceptors (Lipinski definition) is 3. The van der Waals surface area contributed by atoms with Crippen molar-refractivity contribution in [2.75, 3.05) is 5.73 Å². The van der Waals surface area contributed by atoms with Crippen molar-refractivity contribution >= 4 is 45.8 Å². The molecule has 0 spiro atoms. The van der Waals surface area contributed by atoms with Gasteiger partial charge in [-0.2, -0.15) is 0 Å². The van der Waals surface area contributed by atoms with E-state index in [0.717, 1.165) is 6.20 Å². The van der Waals surface area contributed by atoms with Gasteiger partial charge in [-0.05, 0) is 35.9 Å². The number of aromatic carboxylic acids is 1. The summed E-state index contributed by atoms with van der Waals surface area (Å²) in [5.41, 5.74) is 6.60. The van der Waals surface area contributed by atoms with E-state index in [1.54, 1.807) is 12.1 Å². The highest BCUT2D eigenvalue weighted by molar-refractivity contribution is 6.35. The molecule has 116 valence electrons. The smallest absolute Gasteiger partial charge is 0.339 e. The highest BCUT2D eigenvalue weighted by Crippen LogP contribution is 2.36. The molecule has 0 bridgehead atoms. The number of nitrogens with two attached hydrogens (primary N) is 1. The molecule has 1 aromatic heterocycles. The molecule has 3 aromatic rings. The van der Waals surface area contributed by atoms with Crippen LogP contribution in [0.1, 0.15) is 10.4 Å². The van der Waals surface area contributed by atoms with Crippen LogP contribution in [-0.4, -0.2) is 16.1 Å². The molecule has 0 aliphatic carbocycles. The second kappa shape index (κ2) is 5.68. The third kappa shape index (κ3) is 2.69. The Kier molecular flexibility index (Phi) is 3.83. The van der Waals surface area contributed by atoms with Crippen molar-refractivity contribution in [1.82, 2.24) is 4.98 Å². The summed E-state index contributed by atoms with van der Waals surface area (Å²) >= 11 is 11.9. The van der Waals surface area contributed by atoms with Gasteiger partial charge in [-0.15, -0.1) is 0 Å². The summed E-state index contributed by atoms with van der Waals surface area (Å²) in [6.07, 6.45) is 1.11. The van der Waals surface area contributed by atoms with Crippen molar-refractivity contribution in [3.8, 4) is 11.1 Å². The number of carboxylic acids is 1. The molecule has 0 unspecified atom stereocenters. The van der Waals surface area contributed by atoms with E-state index < -0.39 is 11.8 Å². The van der Waals surface area contributed by atoms with Crippen molar-refractivity contribution in [2.24, 2.45) is 0 Å². The second-order valence-electron chi connectivity index (χ2n) is 4.87. The lowest BCUT2D eigenvalue weighted by Gasteiger charge is -2.11. The largest absolute Gasteiger partial charge is 0.478 e. The molecule has 0 aliphatic rings. The van der Waals surface area contributed by atoms with E-state index >= 15 is 0 Å². The molecule has 1 heterocycles. The van der Waals surface area contributed by atoms with Crippen LogP contribution in [0.5, 0.6) is 0 Å². The Morgan fingerprint density at radius 3 is 2.43 bits per heavy atom. The van der Waals surface area contributed by atoms with Crippen LogP contribution in [0.3, 0.4) is 0 Å². The molecule has 0 radical (unpaired) electrons. The fraction of sp³-hybridized carbons (Fsp3) is 0. The number of benzene rings is 2. The molecule has 7 heteroatoms. The molecule has 0 amide bonds. The molecular formula is C16H9Cl2FN2O2. The minimum atomic E-state index is -1.20. The van der Waals surface area contributed by atoms with E-state index in [2.05, 4.69) is 4.98 Å². The maximum atomic E-state index is 14.4. The van der Waals surface area contributed by atoms with Crippen LogP contribution in [0.15, 0.2) is 36.5 Å². The summed E-state index contributed by atoms with van der Waals surface area (Å²) < 4.78 is 14.4. The maximum Gasteiger partial charge on any atom is 0.339 e. The van der Waals surface area contributed by atoms with E-state index in [1.807, 2.05) is 0 Å². The van der Waals surface area contributed by atoms with E-state index in [9.17, 15) is 9.18 Å². The fourth-order valence-corrected chi connectivity index (χ4v) is 2.93. The first-order chi connectivity index (χ1) is 10.9. The second-order valence-corrected chi connectivity index (χ2v) is 5.74. The topological polar surface area (TPSA) is 76.2 Å². The van der Waals surface area contributed by atoms with Crippen molar-refractivity contribution in [2.45, 2.75) is 0 Å². The Hall–Kier alpha value is -2.37. The van der Waals surface area contributed by atoms with E-state index in [0.29, 0.717) is 21.0 Å². The zero-order valence-corrected chi connectivity index (χ0v) is 13.0. The van der Waals surface area contributed by atoms with Crippen molar-refractivity contribution in [1.29, 1.82) is 0 Å². The van der Waals surface area contributed by atoms with Crippen LogP contribution in [0, 0.1) is 5.82 Å². The fourth-order valence-electron chi connectivity index (χ4n) is 2.40. The van der Waals surface area contributed by atoms with Gasteiger partial charge < -0.3 is 10.8 Å². The molecule has 3 rings (SSSR count). The number of nitrogens with zero attached hydrogens (tertiary/aromatic N) is 1. The Bertz CT molecular complexity index is 940. The third-order valence-corrected chi connectivity index (χ3v) is 3.85. The summed E-state index contributed by atoms with van der Waals surface area (Å²) in [5.74, 6) is -1.74. The minimum Gasteiger partial charge on any atom is -0.478 e. The van der Waals surface area contributed by atoms with Crippen LogP contribution < -0.4 is 5.73 Å². The number of rotatable bonds is 2. The van der Waals surface area contributed by atoms with Crippen molar-refractivity contribution < 1.29 is 14.3 Å². The van der Waals surface area contributed by atoms with Gasteiger partial charge in [-0.3, -0.25) is 4.98 Å². The van der Waals surface area contributed by atoms with E-state index in [-0.39, 0.29) is 22.3 Å². The molecule has 2 aromatic carbocycles. The number of carbonyl (C=O) groups is 1. The molecule has 0 saturated heterocycles. The predicted molar refractivity (Wildman–Crippen MR) is 88.5 cm³/mol. The Morgan fingerprint density at radius 2 is 1.83 bits per heavy atom. The zero-order valence-electron chi connectivity index (χ0n) is 11.5. The molecule has 0 aliphatic heterocycles. The van der Waals surface area contributed by atoms with Gasteiger partial charge in [0, 0.05) is 27.2 Å². The van der Waals surface area contributed by atoms with Gasteiger partial charge in [0.25, 0.3) is 0 Å². The first-order valence-corrected chi connectivity index (χ1v) is 7.20. The number of hydrogen-bond donors (Lipinski definition) is 2. The molecule has 23 heavy (non-hydrogen) atoms. The molecule has 3 N–H and O–H groups in total. The summed E-state index contributed by atoms with van der Waals surface area (Å²) in [7, 11) is 0. The summed E-state index contributed by atoms with van der Waals surface area (Å²) in [6.45, 7) is 0. The normalized spacial score (nSPS) is 10.9. The molecule has 0 fully saturated rings. The number of fused-ring (bicyclic) bond motifs is 1. The van der Waals surface area contributed by atoms with Gasteiger partial charge in [0.05, 0.1) is 11.2 Å². The molecule has 0 saturated carbocycles. The zero-order chi connectivity index (χ0) is 16.7. The lowest BCUT2D eigenvalue weighted by molar-refractivity contribution is 0.0698. The number of carboxylic acid groups (broad SMARTS) is 1. The number of aromatic nitrogens is 1. The number of anilines is 1. The lowest BCUT2D eigenvalue weighted by Crippen LogP contribution is -2.05. The average Bonchev–Trinajstić information content (AvgIpc) is 2.45. The van der Waals surface area contributed by atoms with E-state index in [1.165, 1.54) is 18.2 Å². The number of halogens is 3. The average molecular weight is 351 g/mol. The first-order valence-electron chi connectivity index (χ1n) is 6.45. The summed E-state index contributed by atoms with van der Waals surface area (Å²) in [6, 6.07) is 7.23. The minimum absolute atomic E-state index is 0.0249. The number of pyridine rings is 1. The van der Waals surface area contributed by atoms with Gasteiger partial charge >= 0.3 is 5.97 Å². The Labute approximate surface area is 140 Å². The molecule has 4 nitrogen and oxygen atoms in total. The summed E-state index contributed by atoms with van der Waals surface area (Å²) in [4.78, 5) is 15.2. The standard InChI is InChI=1S/C16H9Cl2FN2O2/c17-8-3-7(4-9(18)5-8)13-12(19)2-1-10-14(20)11(16(22)23)6-21-15(10)13/h1-6H,(H2,20,21)(H,22,23). The lowest BCUT2D eigenvalue weighted by atomic mass is 9.99. The van der Waals surface area contributed by atoms with Crippen molar-refractivity contribution in [3.63, 3.8) is 0 Å². The van der Waals surface area contributed by atoms with Crippen LogP contribution >= 0.6 is 23.2 Å². The number of nitrogen functional groups attached to an aromatic ring is 1. The predicted octanol–water partition coefficient (Wildman–Crippen LogP) is 4.63. The quantitative estimate of drug-likeness (QED) is 0.706. The molecular weight excluding hydrogens is 342 g/mol. The molecule has 0 atom stereocenters. The first kappa shape index (κ1) is 15.5. The van der Waals surface area contributed by atoms with E-state index in [4.69, 9.17) is 34.0 Å². The maximum absolute atomic E-state index is 14.4. The van der Waals surface area contributed by atoms with Gasteiger partial charge in [-0.1, -0.05) is 23.2 Å². The summed E-state index contributed by atoms with van der Waals surface area (Å²) in [5, 5.41) is 10.1. The Morgan fingerprint density at radius 1 is 1.17 bits per heavy atom. The highest BCUT2D eigenvalue weighted by atomic mass is 35.5. The SMILES string of the molecule is Nc1c(C(=O)O)cnc2c(-c3cc(Cl)cc(Cl)c3)c(F)ccc12. The Balaban J connectivity index is 2.39. The van der Waals surface area contributed by atoms with Crippen molar-refractivity contribution in [3.05, 3.63) is 58.0 Å². The highest BCUT2D eigenvalue weighted by Gasteiger charge is 2.18. The van der Waals surface area contributed by atoms with Gasteiger partial charge in [-0.25, -0.2) is 9.18 Å². The monoisotopic (exact) mass is 350 g/mol. The van der Waals surface area contributed by atoms with Crippen LogP contribution in [0.4, 0.5) is 10.1 Å².